The molecule has 0 atom stereocenters. The summed E-state index contributed by atoms with van der Waals surface area (Å²) in [7, 11) is 0. The van der Waals surface area contributed by atoms with Gasteiger partial charge in [0.1, 0.15) is 0 Å². The van der Waals surface area contributed by atoms with E-state index >= 15 is 0 Å². The van der Waals surface area contributed by atoms with Crippen LogP contribution in [0.15, 0.2) is 140 Å². The van der Waals surface area contributed by atoms with Crippen molar-refractivity contribution in [3.63, 3.8) is 0 Å². The van der Waals surface area contributed by atoms with Crippen molar-refractivity contribution in [2.45, 2.75) is 0 Å². The first-order chi connectivity index (χ1) is 17.3. The lowest BCUT2D eigenvalue weighted by Gasteiger charge is -2.15. The second-order valence-electron chi connectivity index (χ2n) is 8.65. The maximum atomic E-state index is 4.14. The van der Waals surface area contributed by atoms with E-state index in [1.54, 1.807) is 0 Å². The lowest BCUT2D eigenvalue weighted by molar-refractivity contribution is 1.13. The third kappa shape index (κ3) is 3.68. The van der Waals surface area contributed by atoms with Gasteiger partial charge in [-0.15, -0.1) is 0 Å². The Morgan fingerprint density at radius 2 is 1.03 bits per heavy atom. The van der Waals surface area contributed by atoms with Gasteiger partial charge < -0.3 is 4.57 Å². The van der Waals surface area contributed by atoms with E-state index in [0.29, 0.717) is 0 Å². The van der Waals surface area contributed by atoms with Gasteiger partial charge in [0, 0.05) is 16.6 Å². The van der Waals surface area contributed by atoms with Crippen molar-refractivity contribution < 1.29 is 0 Å². The smallest absolute Gasteiger partial charge is 0.0619 e. The van der Waals surface area contributed by atoms with Gasteiger partial charge in [-0.3, -0.25) is 0 Å². The Balaban J connectivity index is 1.70. The zero-order valence-electron chi connectivity index (χ0n) is 19.4. The highest BCUT2D eigenvalue weighted by Crippen LogP contribution is 2.44. The third-order valence-electron chi connectivity index (χ3n) is 6.58. The number of benzene rings is 5. The molecule has 1 heteroatoms. The summed E-state index contributed by atoms with van der Waals surface area (Å²) >= 11 is 0. The summed E-state index contributed by atoms with van der Waals surface area (Å²) in [5, 5.41) is 1.22. The fraction of sp³-hybridized carbons (Fsp3) is 0. The van der Waals surface area contributed by atoms with E-state index in [-0.39, 0.29) is 0 Å². The van der Waals surface area contributed by atoms with Crippen molar-refractivity contribution in [3.05, 3.63) is 146 Å². The highest BCUT2D eigenvalue weighted by Gasteiger charge is 2.22. The maximum Gasteiger partial charge on any atom is 0.0619 e. The monoisotopic (exact) mass is 447 g/mol. The van der Waals surface area contributed by atoms with Crippen molar-refractivity contribution in [1.82, 2.24) is 4.57 Å². The van der Waals surface area contributed by atoms with Crippen LogP contribution < -0.4 is 0 Å². The SMILES string of the molecule is C=Cc1cccc2c(-c3ccccc3)c(-c3ccccc3)n(-c3ccc(-c4ccccc4)cc3)c12. The Morgan fingerprint density at radius 3 is 1.63 bits per heavy atom. The molecule has 35 heavy (non-hydrogen) atoms. The van der Waals surface area contributed by atoms with Crippen molar-refractivity contribution in [2.75, 3.05) is 0 Å². The first-order valence-corrected chi connectivity index (χ1v) is 11.9. The third-order valence-corrected chi connectivity index (χ3v) is 6.58. The Morgan fingerprint density at radius 1 is 0.486 bits per heavy atom. The quantitative estimate of drug-likeness (QED) is 0.248. The lowest BCUT2D eigenvalue weighted by Crippen LogP contribution is -1.98. The Hall–Kier alpha value is -4.62. The molecule has 0 aliphatic heterocycles. The van der Waals surface area contributed by atoms with E-state index in [9.17, 15) is 0 Å². The van der Waals surface area contributed by atoms with Gasteiger partial charge in [-0.2, -0.15) is 0 Å². The number of rotatable bonds is 5. The average Bonchev–Trinajstić information content (AvgIpc) is 3.30. The topological polar surface area (TPSA) is 4.93 Å². The fourth-order valence-corrected chi connectivity index (χ4v) is 4.99. The molecule has 6 rings (SSSR count). The number of fused-ring (bicyclic) bond motifs is 1. The van der Waals surface area contributed by atoms with Gasteiger partial charge >= 0.3 is 0 Å². The van der Waals surface area contributed by atoms with Crippen LogP contribution >= 0.6 is 0 Å². The van der Waals surface area contributed by atoms with Crippen LogP contribution in [0, 0.1) is 0 Å². The largest absolute Gasteiger partial charge is 0.308 e. The first-order valence-electron chi connectivity index (χ1n) is 11.9. The molecule has 6 aromatic rings. The van der Waals surface area contributed by atoms with Gasteiger partial charge in [-0.1, -0.05) is 134 Å². The van der Waals surface area contributed by atoms with Crippen molar-refractivity contribution >= 4 is 17.0 Å². The Labute approximate surface area is 206 Å². The van der Waals surface area contributed by atoms with Gasteiger partial charge in [0.05, 0.1) is 11.2 Å². The van der Waals surface area contributed by atoms with Gasteiger partial charge in [0.25, 0.3) is 0 Å². The molecule has 0 aliphatic carbocycles. The Kier molecular flexibility index (Phi) is 5.37. The van der Waals surface area contributed by atoms with E-state index in [2.05, 4.69) is 145 Å². The molecule has 0 radical (unpaired) electrons. The van der Waals surface area contributed by atoms with E-state index in [1.165, 1.54) is 44.4 Å². The molecular weight excluding hydrogens is 422 g/mol. The fourth-order valence-electron chi connectivity index (χ4n) is 4.99. The van der Waals surface area contributed by atoms with Crippen molar-refractivity contribution in [2.24, 2.45) is 0 Å². The molecule has 5 aromatic carbocycles. The molecule has 1 nitrogen and oxygen atoms in total. The highest BCUT2D eigenvalue weighted by atomic mass is 15.0. The summed E-state index contributed by atoms with van der Waals surface area (Å²) in [5.74, 6) is 0. The maximum absolute atomic E-state index is 4.14. The molecule has 0 bridgehead atoms. The summed E-state index contributed by atoms with van der Waals surface area (Å²) in [6.45, 7) is 4.14. The van der Waals surface area contributed by atoms with E-state index in [1.807, 2.05) is 6.08 Å². The van der Waals surface area contributed by atoms with Crippen LogP contribution in [0.3, 0.4) is 0 Å². The molecule has 0 unspecified atom stereocenters. The van der Waals surface area contributed by atoms with E-state index in [0.717, 1.165) is 11.3 Å². The van der Waals surface area contributed by atoms with Crippen LogP contribution in [-0.2, 0) is 0 Å². The minimum absolute atomic E-state index is 1.12. The molecule has 0 spiro atoms. The second-order valence-corrected chi connectivity index (χ2v) is 8.65. The van der Waals surface area contributed by atoms with Crippen LogP contribution in [0.1, 0.15) is 5.56 Å². The average molecular weight is 448 g/mol. The molecule has 0 aliphatic rings. The zero-order chi connectivity index (χ0) is 23.6. The van der Waals surface area contributed by atoms with Crippen molar-refractivity contribution in [3.8, 4) is 39.2 Å². The minimum Gasteiger partial charge on any atom is -0.308 e. The predicted molar refractivity (Wildman–Crippen MR) is 150 cm³/mol. The number of hydrogen-bond acceptors (Lipinski definition) is 0. The van der Waals surface area contributed by atoms with Gasteiger partial charge in [-0.05, 0) is 39.9 Å². The molecular formula is C34H25N. The number of aromatic nitrogens is 1. The molecule has 1 aromatic heterocycles. The van der Waals surface area contributed by atoms with Crippen LogP contribution in [0.2, 0.25) is 0 Å². The van der Waals surface area contributed by atoms with Crippen molar-refractivity contribution in [1.29, 1.82) is 0 Å². The molecule has 0 fully saturated rings. The molecule has 0 saturated carbocycles. The molecule has 0 saturated heterocycles. The van der Waals surface area contributed by atoms with Gasteiger partial charge in [-0.25, -0.2) is 0 Å². The summed E-state index contributed by atoms with van der Waals surface area (Å²) in [5.41, 5.74) is 10.7. The first kappa shape index (κ1) is 20.9. The van der Waals surface area contributed by atoms with Crippen LogP contribution in [0.5, 0.6) is 0 Å². The molecule has 1 heterocycles. The number of para-hydroxylation sites is 1. The normalized spacial score (nSPS) is 11.0. The van der Waals surface area contributed by atoms with Crippen LogP contribution in [0.4, 0.5) is 0 Å². The van der Waals surface area contributed by atoms with E-state index in [4.69, 9.17) is 0 Å². The van der Waals surface area contributed by atoms with Gasteiger partial charge in [0.2, 0.25) is 0 Å². The number of nitrogens with zero attached hydrogens (tertiary/aromatic N) is 1. The molecule has 0 N–H and O–H groups in total. The molecule has 166 valence electrons. The molecule has 0 amide bonds. The summed E-state index contributed by atoms with van der Waals surface area (Å²) < 4.78 is 2.40. The zero-order valence-corrected chi connectivity index (χ0v) is 19.4. The highest BCUT2D eigenvalue weighted by molar-refractivity contribution is 6.08. The van der Waals surface area contributed by atoms with Crippen LogP contribution in [-0.4, -0.2) is 4.57 Å². The Bertz CT molecular complexity index is 1610. The standard InChI is InChI=1S/C34H25N/c1-2-25-19-12-20-31-32(28-15-8-4-9-16-28)34(29-17-10-5-11-18-29)35(33(25)31)30-23-21-27(22-24-30)26-13-6-3-7-14-26/h2-24H,1H2. The second kappa shape index (κ2) is 8.96. The lowest BCUT2D eigenvalue weighted by atomic mass is 9.97. The summed E-state index contributed by atoms with van der Waals surface area (Å²) in [4.78, 5) is 0. The number of hydrogen-bond donors (Lipinski definition) is 0. The summed E-state index contributed by atoms with van der Waals surface area (Å²) in [6, 6.07) is 47.3. The summed E-state index contributed by atoms with van der Waals surface area (Å²) in [6.07, 6.45) is 1.96. The minimum atomic E-state index is 1.12. The van der Waals surface area contributed by atoms with Gasteiger partial charge in [0.15, 0.2) is 0 Å². The van der Waals surface area contributed by atoms with E-state index < -0.39 is 0 Å². The predicted octanol–water partition coefficient (Wildman–Crippen LogP) is 9.27. The van der Waals surface area contributed by atoms with Crippen LogP contribution in [0.25, 0.3) is 56.2 Å².